The van der Waals surface area contributed by atoms with E-state index in [0.29, 0.717) is 30.0 Å². The number of aromatic nitrogens is 4. The molecule has 168 valence electrons. The highest BCUT2D eigenvalue weighted by atomic mass is 19.1. The Morgan fingerprint density at radius 3 is 2.67 bits per heavy atom. The van der Waals surface area contributed by atoms with Crippen molar-refractivity contribution in [3.8, 4) is 0 Å². The summed E-state index contributed by atoms with van der Waals surface area (Å²) >= 11 is 0. The fourth-order valence-corrected chi connectivity index (χ4v) is 3.58. The lowest BCUT2D eigenvalue weighted by Crippen LogP contribution is -2.04. The van der Waals surface area contributed by atoms with Crippen LogP contribution in [-0.4, -0.2) is 36.6 Å². The molecule has 9 nitrogen and oxygen atoms in total. The van der Waals surface area contributed by atoms with Crippen LogP contribution < -0.4 is 10.6 Å². The number of nitrogens with zero attached hydrogens (tertiary/aromatic N) is 4. The van der Waals surface area contributed by atoms with E-state index in [-0.39, 0.29) is 25.0 Å². The van der Waals surface area contributed by atoms with Gasteiger partial charge in [0, 0.05) is 35.3 Å². The topological polar surface area (TPSA) is 121 Å². The third kappa shape index (κ3) is 4.34. The molecule has 4 N–H and O–H groups in total. The first-order valence-corrected chi connectivity index (χ1v) is 10.4. The van der Waals surface area contributed by atoms with E-state index in [0.717, 1.165) is 28.2 Å². The number of furan rings is 1. The number of halogens is 1. The van der Waals surface area contributed by atoms with Crippen molar-refractivity contribution in [3.63, 3.8) is 0 Å². The van der Waals surface area contributed by atoms with E-state index in [1.54, 1.807) is 30.5 Å². The van der Waals surface area contributed by atoms with E-state index in [1.807, 2.05) is 22.9 Å². The van der Waals surface area contributed by atoms with E-state index >= 15 is 0 Å². The Bertz CT molecular complexity index is 1430. The molecule has 5 aromatic rings. The third-order valence-electron chi connectivity index (χ3n) is 5.16. The van der Waals surface area contributed by atoms with Gasteiger partial charge in [0.1, 0.15) is 18.0 Å². The zero-order valence-corrected chi connectivity index (χ0v) is 17.5. The Hall–Kier alpha value is -4.02. The Balaban J connectivity index is 1.38. The molecule has 0 aliphatic carbocycles. The van der Waals surface area contributed by atoms with E-state index in [4.69, 9.17) is 9.52 Å². The molecule has 3 aromatic heterocycles. The molecule has 10 heteroatoms. The van der Waals surface area contributed by atoms with E-state index < -0.39 is 5.82 Å². The van der Waals surface area contributed by atoms with Crippen LogP contribution in [0.25, 0.3) is 21.9 Å². The second-order valence-electron chi connectivity index (χ2n) is 7.48. The summed E-state index contributed by atoms with van der Waals surface area (Å²) in [6, 6.07) is 12.7. The molecule has 0 bridgehead atoms. The molecule has 0 fully saturated rings. The average molecular weight is 448 g/mol. The lowest BCUT2D eigenvalue weighted by Gasteiger charge is -2.10. The number of benzene rings is 2. The summed E-state index contributed by atoms with van der Waals surface area (Å²) in [6.45, 7) is 0.501. The summed E-state index contributed by atoms with van der Waals surface area (Å²) in [6.07, 6.45) is 3.48. The molecule has 0 aliphatic heterocycles. The van der Waals surface area contributed by atoms with Crippen molar-refractivity contribution in [2.24, 2.45) is 0 Å². The van der Waals surface area contributed by atoms with Gasteiger partial charge < -0.3 is 25.3 Å². The molecule has 0 amide bonds. The van der Waals surface area contributed by atoms with Crippen molar-refractivity contribution in [2.45, 2.75) is 19.6 Å². The number of aliphatic hydroxyl groups excluding tert-OH is 2. The van der Waals surface area contributed by atoms with Gasteiger partial charge in [-0.15, -0.1) is 0 Å². The average Bonchev–Trinajstić information content (AvgIpc) is 3.43. The van der Waals surface area contributed by atoms with Gasteiger partial charge in [-0.3, -0.25) is 4.68 Å². The quantitative estimate of drug-likeness (QED) is 0.280. The van der Waals surface area contributed by atoms with E-state index in [2.05, 4.69) is 25.7 Å². The summed E-state index contributed by atoms with van der Waals surface area (Å²) in [4.78, 5) is 8.32. The van der Waals surface area contributed by atoms with Gasteiger partial charge in [-0.25, -0.2) is 9.37 Å². The Kier molecular flexibility index (Phi) is 5.59. The summed E-state index contributed by atoms with van der Waals surface area (Å²) < 4.78 is 21.7. The molecule has 0 saturated carbocycles. The molecule has 5 rings (SSSR count). The zero-order valence-electron chi connectivity index (χ0n) is 17.5. The standard InChI is InChI=1S/C23H21FN6O3/c24-19-12-25-23(28-17-3-2-14-11-26-30(6-1-7-31)20(14)10-17)29-22(19)27-16-4-5-21-15(8-16)9-18(13-32)33-21/h2-5,8-12,31-32H,1,6-7,13H2,(H2,25,27,28,29). The van der Waals surface area contributed by atoms with Crippen LogP contribution in [0.5, 0.6) is 0 Å². The van der Waals surface area contributed by atoms with Gasteiger partial charge in [0.25, 0.3) is 0 Å². The fraction of sp³-hybridized carbons (Fsp3) is 0.174. The lowest BCUT2D eigenvalue weighted by atomic mass is 10.2. The first-order valence-electron chi connectivity index (χ1n) is 10.4. The number of hydrogen-bond acceptors (Lipinski definition) is 8. The van der Waals surface area contributed by atoms with Gasteiger partial charge in [-0.05, 0) is 48.9 Å². The minimum absolute atomic E-state index is 0.0202. The molecule has 33 heavy (non-hydrogen) atoms. The molecule has 0 radical (unpaired) electrons. The Labute approximate surface area is 187 Å². The van der Waals surface area contributed by atoms with Crippen LogP contribution in [0, 0.1) is 5.82 Å². The highest BCUT2D eigenvalue weighted by Gasteiger charge is 2.11. The molecule has 0 aliphatic rings. The minimum Gasteiger partial charge on any atom is -0.459 e. The SMILES string of the molecule is OCCCn1ncc2ccc(Nc3ncc(F)c(Nc4ccc5oc(CO)cc5c4)n3)cc21. The van der Waals surface area contributed by atoms with Gasteiger partial charge >= 0.3 is 0 Å². The van der Waals surface area contributed by atoms with Crippen molar-refractivity contribution in [3.05, 3.63) is 66.4 Å². The number of rotatable bonds is 8. The summed E-state index contributed by atoms with van der Waals surface area (Å²) in [5, 5.41) is 30.5. The third-order valence-corrected chi connectivity index (χ3v) is 5.16. The molecule has 0 atom stereocenters. The van der Waals surface area contributed by atoms with Crippen molar-refractivity contribution in [1.82, 2.24) is 19.7 Å². The van der Waals surface area contributed by atoms with Crippen LogP contribution in [0.4, 0.5) is 27.5 Å². The predicted octanol–water partition coefficient (Wildman–Crippen LogP) is 4.07. The normalized spacial score (nSPS) is 11.4. The molecule has 0 unspecified atom stereocenters. The van der Waals surface area contributed by atoms with Crippen LogP contribution in [0.2, 0.25) is 0 Å². The molecular weight excluding hydrogens is 427 g/mol. The molecule has 2 aromatic carbocycles. The van der Waals surface area contributed by atoms with Crippen molar-refractivity contribution in [2.75, 3.05) is 17.2 Å². The lowest BCUT2D eigenvalue weighted by molar-refractivity contribution is 0.251. The van der Waals surface area contributed by atoms with Gasteiger partial charge in [0.05, 0.1) is 17.9 Å². The zero-order chi connectivity index (χ0) is 22.8. The summed E-state index contributed by atoms with van der Waals surface area (Å²) in [7, 11) is 0. The van der Waals surface area contributed by atoms with Gasteiger partial charge in [0.15, 0.2) is 11.6 Å². The fourth-order valence-electron chi connectivity index (χ4n) is 3.58. The van der Waals surface area contributed by atoms with Crippen LogP contribution >= 0.6 is 0 Å². The first-order chi connectivity index (χ1) is 16.1. The maximum atomic E-state index is 14.4. The van der Waals surface area contributed by atoms with Crippen LogP contribution in [0.1, 0.15) is 12.2 Å². The first kappa shape index (κ1) is 20.9. The maximum absolute atomic E-state index is 14.4. The molecule has 3 heterocycles. The van der Waals surface area contributed by atoms with Crippen molar-refractivity contribution >= 4 is 45.0 Å². The van der Waals surface area contributed by atoms with E-state index in [1.165, 1.54) is 0 Å². The number of hydrogen-bond donors (Lipinski definition) is 4. The smallest absolute Gasteiger partial charge is 0.229 e. The predicted molar refractivity (Wildman–Crippen MR) is 122 cm³/mol. The second-order valence-corrected chi connectivity index (χ2v) is 7.48. The van der Waals surface area contributed by atoms with Gasteiger partial charge in [-0.1, -0.05) is 0 Å². The van der Waals surface area contributed by atoms with Crippen LogP contribution in [0.3, 0.4) is 0 Å². The van der Waals surface area contributed by atoms with Gasteiger partial charge in [-0.2, -0.15) is 10.1 Å². The molecule has 0 saturated heterocycles. The maximum Gasteiger partial charge on any atom is 0.229 e. The number of aliphatic hydroxyl groups is 2. The highest BCUT2D eigenvalue weighted by molar-refractivity contribution is 5.84. The molecular formula is C23H21FN6O3. The number of anilines is 4. The van der Waals surface area contributed by atoms with Crippen molar-refractivity contribution < 1.29 is 19.0 Å². The monoisotopic (exact) mass is 448 g/mol. The van der Waals surface area contributed by atoms with E-state index in [9.17, 15) is 9.50 Å². The van der Waals surface area contributed by atoms with Crippen LogP contribution in [-0.2, 0) is 13.2 Å². The number of nitrogens with one attached hydrogen (secondary N) is 2. The highest BCUT2D eigenvalue weighted by Crippen LogP contribution is 2.27. The van der Waals surface area contributed by atoms with Crippen molar-refractivity contribution in [1.29, 1.82) is 0 Å². The van der Waals surface area contributed by atoms with Crippen LogP contribution in [0.15, 0.2) is 59.3 Å². The Morgan fingerprint density at radius 2 is 1.82 bits per heavy atom. The van der Waals surface area contributed by atoms with Gasteiger partial charge in [0.2, 0.25) is 5.95 Å². The summed E-state index contributed by atoms with van der Waals surface area (Å²) in [5.74, 6) is 0.108. The number of fused-ring (bicyclic) bond motifs is 2. The molecule has 0 spiro atoms. The summed E-state index contributed by atoms with van der Waals surface area (Å²) in [5.41, 5.74) is 2.88. The Morgan fingerprint density at radius 1 is 0.970 bits per heavy atom. The second kappa shape index (κ2) is 8.85. The minimum atomic E-state index is -0.596. The largest absolute Gasteiger partial charge is 0.459 e. The number of aryl methyl sites for hydroxylation is 1.